The smallest absolute Gasteiger partial charge is 0.330 e. The van der Waals surface area contributed by atoms with Crippen LogP contribution in [-0.2, 0) is 4.79 Å². The monoisotopic (exact) mass is 160 g/mol. The van der Waals surface area contributed by atoms with Gasteiger partial charge < -0.3 is 5.11 Å². The maximum atomic E-state index is 10.2. The lowest BCUT2D eigenvalue weighted by atomic mass is 10.2. The fraction of sp³-hybridized carbons (Fsp3) is 0.571. The van der Waals surface area contributed by atoms with E-state index < -0.39 is 5.97 Å². The second-order valence-electron chi connectivity index (χ2n) is 2.06. The van der Waals surface area contributed by atoms with Crippen molar-refractivity contribution >= 4 is 18.6 Å². The van der Waals surface area contributed by atoms with Crippen molar-refractivity contribution in [1.82, 2.24) is 0 Å². The van der Waals surface area contributed by atoms with Crippen LogP contribution in [-0.4, -0.2) is 16.8 Å². The Labute approximate surface area is 66.4 Å². The van der Waals surface area contributed by atoms with Crippen molar-refractivity contribution in [1.29, 1.82) is 0 Å². The third-order valence-electron chi connectivity index (χ3n) is 1.15. The van der Waals surface area contributed by atoms with Crippen molar-refractivity contribution in [3.8, 4) is 0 Å². The maximum Gasteiger partial charge on any atom is 0.330 e. The molecule has 0 aromatic carbocycles. The lowest BCUT2D eigenvalue weighted by Crippen LogP contribution is -1.95. The third kappa shape index (κ3) is 4.44. The molecule has 0 aliphatic heterocycles. The summed E-state index contributed by atoms with van der Waals surface area (Å²) >= 11 is 4.00. The number of carboxylic acids is 1. The largest absolute Gasteiger partial charge is 0.478 e. The van der Waals surface area contributed by atoms with Crippen molar-refractivity contribution in [3.05, 3.63) is 11.6 Å². The van der Waals surface area contributed by atoms with E-state index in [0.717, 1.165) is 18.6 Å². The van der Waals surface area contributed by atoms with Gasteiger partial charge in [0.15, 0.2) is 0 Å². The summed E-state index contributed by atoms with van der Waals surface area (Å²) < 4.78 is 0. The van der Waals surface area contributed by atoms with E-state index >= 15 is 0 Å². The van der Waals surface area contributed by atoms with E-state index in [9.17, 15) is 4.79 Å². The van der Waals surface area contributed by atoms with Gasteiger partial charge in [-0.05, 0) is 25.5 Å². The molecule has 0 saturated heterocycles. The molecular weight excluding hydrogens is 148 g/mol. The summed E-state index contributed by atoms with van der Waals surface area (Å²) in [5.74, 6) is -0.0252. The van der Waals surface area contributed by atoms with E-state index in [1.54, 1.807) is 13.0 Å². The molecule has 2 nitrogen and oxygen atoms in total. The minimum Gasteiger partial charge on any atom is -0.478 e. The number of aliphatic carboxylic acids is 1. The average Bonchev–Trinajstić information content (AvgIpc) is 1.88. The van der Waals surface area contributed by atoms with Crippen LogP contribution in [0, 0.1) is 0 Å². The zero-order chi connectivity index (χ0) is 7.98. The number of unbranched alkanes of at least 4 members (excludes halogenated alkanes) is 1. The zero-order valence-corrected chi connectivity index (χ0v) is 6.90. The van der Waals surface area contributed by atoms with Crippen molar-refractivity contribution in [2.75, 3.05) is 5.75 Å². The summed E-state index contributed by atoms with van der Waals surface area (Å²) in [5.41, 5.74) is 0.418. The van der Waals surface area contributed by atoms with Crippen LogP contribution >= 0.6 is 12.6 Å². The molecule has 0 rings (SSSR count). The fourth-order valence-electron chi connectivity index (χ4n) is 0.497. The molecule has 3 heteroatoms. The number of thiol groups is 1. The number of hydrogen-bond donors (Lipinski definition) is 2. The number of carboxylic acid groups (broad SMARTS) is 1. The Balaban J connectivity index is 3.58. The number of rotatable bonds is 4. The summed E-state index contributed by atoms with van der Waals surface area (Å²) in [4.78, 5) is 10.2. The van der Waals surface area contributed by atoms with Crippen LogP contribution in [0.25, 0.3) is 0 Å². The van der Waals surface area contributed by atoms with Crippen molar-refractivity contribution in [2.24, 2.45) is 0 Å². The molecule has 0 atom stereocenters. The van der Waals surface area contributed by atoms with Gasteiger partial charge in [0.2, 0.25) is 0 Å². The normalized spacial score (nSPS) is 11.6. The first-order valence-corrected chi connectivity index (χ1v) is 3.82. The second kappa shape index (κ2) is 5.35. The summed E-state index contributed by atoms with van der Waals surface area (Å²) in [6.07, 6.45) is 3.47. The molecule has 0 spiro atoms. The van der Waals surface area contributed by atoms with Crippen LogP contribution in [0.1, 0.15) is 19.8 Å². The molecule has 1 N–H and O–H groups in total. The molecule has 0 saturated carbocycles. The fourth-order valence-corrected chi connectivity index (χ4v) is 0.680. The lowest BCUT2D eigenvalue weighted by Gasteiger charge is -1.91. The highest BCUT2D eigenvalue weighted by atomic mass is 32.1. The predicted molar refractivity (Wildman–Crippen MR) is 44.5 cm³/mol. The lowest BCUT2D eigenvalue weighted by molar-refractivity contribution is -0.132. The van der Waals surface area contributed by atoms with E-state index in [-0.39, 0.29) is 0 Å². The van der Waals surface area contributed by atoms with E-state index in [1.807, 2.05) is 0 Å². The van der Waals surface area contributed by atoms with E-state index in [4.69, 9.17) is 5.11 Å². The van der Waals surface area contributed by atoms with Gasteiger partial charge in [-0.3, -0.25) is 0 Å². The molecule has 10 heavy (non-hydrogen) atoms. The first-order chi connectivity index (χ1) is 4.68. The Morgan fingerprint density at radius 1 is 1.70 bits per heavy atom. The van der Waals surface area contributed by atoms with Gasteiger partial charge in [0.05, 0.1) is 0 Å². The molecule has 0 aromatic rings. The Kier molecular flexibility index (Phi) is 5.12. The number of allylic oxidation sites excluding steroid dienone is 1. The Hall–Kier alpha value is -0.440. The van der Waals surface area contributed by atoms with Crippen LogP contribution in [0.5, 0.6) is 0 Å². The van der Waals surface area contributed by atoms with E-state index in [2.05, 4.69) is 12.6 Å². The standard InChI is InChI=1S/C7H12O2S/c1-6(7(8)9)4-2-3-5-10/h4,10H,2-3,5H2,1H3,(H,8,9)/b6-4+. The van der Waals surface area contributed by atoms with Crippen LogP contribution in [0.4, 0.5) is 0 Å². The Morgan fingerprint density at radius 2 is 2.30 bits per heavy atom. The highest BCUT2D eigenvalue weighted by molar-refractivity contribution is 7.80. The molecule has 0 fully saturated rings. The molecule has 0 amide bonds. The summed E-state index contributed by atoms with van der Waals surface area (Å²) in [5, 5.41) is 8.39. The van der Waals surface area contributed by atoms with Gasteiger partial charge in [-0.1, -0.05) is 6.08 Å². The maximum absolute atomic E-state index is 10.2. The number of hydrogen-bond acceptors (Lipinski definition) is 2. The molecule has 0 heterocycles. The molecule has 0 unspecified atom stereocenters. The molecule has 0 aromatic heterocycles. The first kappa shape index (κ1) is 9.56. The second-order valence-corrected chi connectivity index (χ2v) is 2.51. The van der Waals surface area contributed by atoms with Gasteiger partial charge in [-0.25, -0.2) is 4.79 Å². The Morgan fingerprint density at radius 3 is 2.70 bits per heavy atom. The molecule has 58 valence electrons. The van der Waals surface area contributed by atoms with Gasteiger partial charge in [0, 0.05) is 5.57 Å². The SMILES string of the molecule is C/C(=C\CCCS)C(=O)O. The molecule has 0 bridgehead atoms. The van der Waals surface area contributed by atoms with Gasteiger partial charge in [-0.2, -0.15) is 12.6 Å². The molecule has 0 aliphatic rings. The summed E-state index contributed by atoms with van der Waals surface area (Å²) in [6.45, 7) is 1.60. The number of carbonyl (C=O) groups is 1. The van der Waals surface area contributed by atoms with Crippen molar-refractivity contribution in [3.63, 3.8) is 0 Å². The van der Waals surface area contributed by atoms with Crippen LogP contribution < -0.4 is 0 Å². The van der Waals surface area contributed by atoms with Crippen LogP contribution in [0.2, 0.25) is 0 Å². The van der Waals surface area contributed by atoms with Gasteiger partial charge >= 0.3 is 5.97 Å². The minimum atomic E-state index is -0.834. The van der Waals surface area contributed by atoms with Gasteiger partial charge in [-0.15, -0.1) is 0 Å². The van der Waals surface area contributed by atoms with Gasteiger partial charge in [0.1, 0.15) is 0 Å². The third-order valence-corrected chi connectivity index (χ3v) is 1.47. The molecule has 0 aliphatic carbocycles. The molecular formula is C7H12O2S. The predicted octanol–water partition coefficient (Wildman–Crippen LogP) is 1.73. The highest BCUT2D eigenvalue weighted by Gasteiger charge is 1.96. The topological polar surface area (TPSA) is 37.3 Å². The zero-order valence-electron chi connectivity index (χ0n) is 6.00. The van der Waals surface area contributed by atoms with Crippen LogP contribution in [0.15, 0.2) is 11.6 Å². The highest BCUT2D eigenvalue weighted by Crippen LogP contribution is 1.98. The van der Waals surface area contributed by atoms with E-state index in [1.165, 1.54) is 0 Å². The van der Waals surface area contributed by atoms with Crippen molar-refractivity contribution < 1.29 is 9.90 Å². The summed E-state index contributed by atoms with van der Waals surface area (Å²) in [6, 6.07) is 0. The summed E-state index contributed by atoms with van der Waals surface area (Å²) in [7, 11) is 0. The Bertz CT molecular complexity index is 141. The van der Waals surface area contributed by atoms with Crippen LogP contribution in [0.3, 0.4) is 0 Å². The quantitative estimate of drug-likeness (QED) is 0.373. The minimum absolute atomic E-state index is 0.418. The van der Waals surface area contributed by atoms with Gasteiger partial charge in [0.25, 0.3) is 0 Å². The molecule has 0 radical (unpaired) electrons. The average molecular weight is 160 g/mol. The first-order valence-electron chi connectivity index (χ1n) is 3.19. The van der Waals surface area contributed by atoms with Crippen molar-refractivity contribution in [2.45, 2.75) is 19.8 Å². The van der Waals surface area contributed by atoms with E-state index in [0.29, 0.717) is 5.57 Å².